The van der Waals surface area contributed by atoms with Gasteiger partial charge in [-0.05, 0) is 29.5 Å². The normalized spacial score (nSPS) is 14.9. The lowest BCUT2D eigenvalue weighted by atomic mass is 9.87. The zero-order valence-electron chi connectivity index (χ0n) is 17.8. The molecule has 0 aliphatic carbocycles. The predicted molar refractivity (Wildman–Crippen MR) is 117 cm³/mol. The number of nitro benzene ring substituents is 1. The summed E-state index contributed by atoms with van der Waals surface area (Å²) in [5.41, 5.74) is 3.16. The molecular formula is C23H27N3O4. The molecule has 1 fully saturated rings. The predicted octanol–water partition coefficient (Wildman–Crippen LogP) is 4.42. The van der Waals surface area contributed by atoms with Crippen LogP contribution in [0, 0.1) is 17.0 Å². The zero-order chi connectivity index (χ0) is 21.9. The fraction of sp³-hybridized carbons (Fsp3) is 0.391. The number of nitrogens with zero attached hydrogens (tertiary/aromatic N) is 3. The summed E-state index contributed by atoms with van der Waals surface area (Å²) in [5.74, 6) is -0.243. The van der Waals surface area contributed by atoms with Gasteiger partial charge in [0.2, 0.25) is 0 Å². The number of carbonyl (C=O) groups is 1. The van der Waals surface area contributed by atoms with Gasteiger partial charge in [-0.2, -0.15) is 0 Å². The highest BCUT2D eigenvalue weighted by Gasteiger charge is 2.23. The molecule has 7 nitrogen and oxygen atoms in total. The van der Waals surface area contributed by atoms with Crippen LogP contribution < -0.4 is 0 Å². The third-order valence-electron chi connectivity index (χ3n) is 5.22. The first-order valence-corrected chi connectivity index (χ1v) is 9.97. The van der Waals surface area contributed by atoms with Crippen LogP contribution in [-0.4, -0.2) is 48.2 Å². The van der Waals surface area contributed by atoms with E-state index in [1.165, 1.54) is 11.6 Å². The Bertz CT molecular complexity index is 969. The molecule has 0 aromatic heterocycles. The second-order valence-corrected chi connectivity index (χ2v) is 8.43. The molecule has 7 heteroatoms. The van der Waals surface area contributed by atoms with Crippen molar-refractivity contribution in [2.75, 3.05) is 26.3 Å². The van der Waals surface area contributed by atoms with Crippen LogP contribution in [0.15, 0.2) is 41.4 Å². The molecule has 0 bridgehead atoms. The lowest BCUT2D eigenvalue weighted by Crippen LogP contribution is -2.40. The molecule has 1 amide bonds. The first-order valence-electron chi connectivity index (χ1n) is 9.97. The second kappa shape index (κ2) is 8.75. The molecule has 1 aliphatic heterocycles. The maximum Gasteiger partial charge on any atom is 0.275 e. The largest absolute Gasteiger partial charge is 0.378 e. The zero-order valence-corrected chi connectivity index (χ0v) is 17.8. The van der Waals surface area contributed by atoms with Crippen LogP contribution in [0.3, 0.4) is 0 Å². The van der Waals surface area contributed by atoms with E-state index in [0.717, 1.165) is 5.56 Å². The van der Waals surface area contributed by atoms with Crippen molar-refractivity contribution < 1.29 is 14.5 Å². The third kappa shape index (κ3) is 4.91. The van der Waals surface area contributed by atoms with Crippen molar-refractivity contribution in [3.63, 3.8) is 0 Å². The highest BCUT2D eigenvalue weighted by molar-refractivity contribution is 5.96. The molecule has 1 heterocycles. The molecule has 2 aromatic rings. The van der Waals surface area contributed by atoms with E-state index >= 15 is 0 Å². The Kier molecular flexibility index (Phi) is 6.31. The summed E-state index contributed by atoms with van der Waals surface area (Å²) in [6.45, 7) is 9.97. The molecular weight excluding hydrogens is 382 g/mol. The van der Waals surface area contributed by atoms with Crippen LogP contribution in [0.25, 0.3) is 0 Å². The molecule has 3 rings (SSSR count). The maximum atomic E-state index is 12.8. The Balaban J connectivity index is 1.93. The van der Waals surface area contributed by atoms with E-state index in [9.17, 15) is 14.9 Å². The Labute approximate surface area is 176 Å². The Morgan fingerprint density at radius 2 is 1.80 bits per heavy atom. The van der Waals surface area contributed by atoms with E-state index in [-0.39, 0.29) is 22.6 Å². The molecule has 0 N–H and O–H groups in total. The molecule has 0 unspecified atom stereocenters. The van der Waals surface area contributed by atoms with E-state index in [1.807, 2.05) is 12.1 Å². The summed E-state index contributed by atoms with van der Waals surface area (Å²) in [7, 11) is 0. The van der Waals surface area contributed by atoms with E-state index in [4.69, 9.17) is 4.74 Å². The molecule has 30 heavy (non-hydrogen) atoms. The van der Waals surface area contributed by atoms with Crippen LogP contribution in [-0.2, 0) is 10.2 Å². The van der Waals surface area contributed by atoms with Crippen LogP contribution >= 0.6 is 0 Å². The van der Waals surface area contributed by atoms with Gasteiger partial charge in [0.25, 0.3) is 11.6 Å². The molecule has 0 saturated carbocycles. The molecule has 1 aliphatic rings. The Morgan fingerprint density at radius 3 is 2.37 bits per heavy atom. The van der Waals surface area contributed by atoms with Crippen LogP contribution in [0.2, 0.25) is 0 Å². The lowest BCUT2D eigenvalue weighted by molar-refractivity contribution is -0.385. The highest BCUT2D eigenvalue weighted by atomic mass is 16.6. The summed E-state index contributed by atoms with van der Waals surface area (Å²) in [6.07, 6.45) is 1.67. The first kappa shape index (κ1) is 21.6. The fourth-order valence-electron chi connectivity index (χ4n) is 3.29. The smallest absolute Gasteiger partial charge is 0.275 e. The third-order valence-corrected chi connectivity index (χ3v) is 5.22. The fourth-order valence-corrected chi connectivity index (χ4v) is 3.29. The van der Waals surface area contributed by atoms with Gasteiger partial charge in [-0.15, -0.1) is 0 Å². The maximum absolute atomic E-state index is 12.8. The summed E-state index contributed by atoms with van der Waals surface area (Å²) in [6, 6.07) is 11.0. The van der Waals surface area contributed by atoms with Gasteiger partial charge in [0.05, 0.1) is 29.4 Å². The Hall–Kier alpha value is -3.06. The molecule has 158 valence electrons. The molecule has 2 aromatic carbocycles. The monoisotopic (exact) mass is 409 g/mol. The number of benzene rings is 2. The van der Waals surface area contributed by atoms with E-state index in [1.54, 1.807) is 24.1 Å². The average Bonchev–Trinajstić information content (AvgIpc) is 2.72. The van der Waals surface area contributed by atoms with Gasteiger partial charge in [-0.25, -0.2) is 0 Å². The van der Waals surface area contributed by atoms with Crippen molar-refractivity contribution in [1.29, 1.82) is 0 Å². The number of ether oxygens (including phenoxy) is 1. The minimum absolute atomic E-state index is 0.0566. The number of amides is 1. The van der Waals surface area contributed by atoms with Crippen molar-refractivity contribution in [3.05, 3.63) is 68.8 Å². The summed E-state index contributed by atoms with van der Waals surface area (Å²) < 4.78 is 5.28. The number of nitro groups is 1. The number of hydrogen-bond donors (Lipinski definition) is 0. The molecule has 0 spiro atoms. The van der Waals surface area contributed by atoms with Gasteiger partial charge in [0, 0.05) is 30.9 Å². The summed E-state index contributed by atoms with van der Waals surface area (Å²) in [4.78, 5) is 30.0. The molecule has 0 radical (unpaired) electrons. The van der Waals surface area contributed by atoms with Gasteiger partial charge >= 0.3 is 0 Å². The van der Waals surface area contributed by atoms with E-state index in [0.29, 0.717) is 37.6 Å². The van der Waals surface area contributed by atoms with Crippen LogP contribution in [0.5, 0.6) is 0 Å². The van der Waals surface area contributed by atoms with Crippen molar-refractivity contribution in [2.24, 2.45) is 4.99 Å². The van der Waals surface area contributed by atoms with Gasteiger partial charge < -0.3 is 9.64 Å². The average molecular weight is 409 g/mol. The number of rotatable bonds is 4. The summed E-state index contributed by atoms with van der Waals surface area (Å²) in [5, 5.41) is 11.5. The highest BCUT2D eigenvalue weighted by Crippen LogP contribution is 2.31. The second-order valence-electron chi connectivity index (χ2n) is 8.43. The Morgan fingerprint density at radius 1 is 1.17 bits per heavy atom. The minimum Gasteiger partial charge on any atom is -0.378 e. The van der Waals surface area contributed by atoms with Gasteiger partial charge in [-0.3, -0.25) is 19.9 Å². The quantitative estimate of drug-likeness (QED) is 0.425. The summed E-state index contributed by atoms with van der Waals surface area (Å²) >= 11 is 0. The van der Waals surface area contributed by atoms with Gasteiger partial charge in [0.15, 0.2) is 0 Å². The molecule has 1 saturated heterocycles. The lowest BCUT2D eigenvalue weighted by Gasteiger charge is -2.27. The topological polar surface area (TPSA) is 85.0 Å². The number of carbonyl (C=O) groups excluding carboxylic acids is 1. The molecule has 0 atom stereocenters. The van der Waals surface area contributed by atoms with Gasteiger partial charge in [0.1, 0.15) is 0 Å². The first-order chi connectivity index (χ1) is 14.2. The van der Waals surface area contributed by atoms with E-state index < -0.39 is 4.92 Å². The van der Waals surface area contributed by atoms with Crippen molar-refractivity contribution in [2.45, 2.75) is 33.1 Å². The minimum atomic E-state index is -0.470. The number of hydrogen-bond acceptors (Lipinski definition) is 5. The standard InChI is InChI=1S/C23H27N3O4/c1-16-20(24-15-17-5-7-19(8-6-17)23(2,3)4)13-18(14-21(16)26(28)29)22(27)25-9-11-30-12-10-25/h5-8,13-15H,9-12H2,1-4H3. The van der Waals surface area contributed by atoms with Gasteiger partial charge in [-0.1, -0.05) is 45.0 Å². The number of morpholine rings is 1. The van der Waals surface area contributed by atoms with Crippen molar-refractivity contribution in [3.8, 4) is 0 Å². The SMILES string of the molecule is Cc1c(N=Cc2ccc(C(C)(C)C)cc2)cc(C(=O)N2CCOCC2)cc1[N+](=O)[O-]. The van der Waals surface area contributed by atoms with Crippen molar-refractivity contribution in [1.82, 2.24) is 4.90 Å². The van der Waals surface area contributed by atoms with Crippen molar-refractivity contribution >= 4 is 23.5 Å². The van der Waals surface area contributed by atoms with Crippen LogP contribution in [0.4, 0.5) is 11.4 Å². The van der Waals surface area contributed by atoms with E-state index in [2.05, 4.69) is 37.9 Å². The number of aliphatic imine (C=N–C) groups is 1. The van der Waals surface area contributed by atoms with Crippen LogP contribution in [0.1, 0.15) is 47.8 Å².